The summed E-state index contributed by atoms with van der Waals surface area (Å²) in [5.41, 5.74) is 0. The van der Waals surface area contributed by atoms with Crippen molar-refractivity contribution in [3.8, 4) is 0 Å². The molecule has 1 aliphatic carbocycles. The van der Waals surface area contributed by atoms with Crippen molar-refractivity contribution < 1.29 is 14.6 Å². The van der Waals surface area contributed by atoms with E-state index in [1.165, 1.54) is 25.7 Å². The molecule has 0 bridgehead atoms. The maximum atomic E-state index is 12.0. The van der Waals surface area contributed by atoms with Crippen LogP contribution in [0.1, 0.15) is 65.7 Å². The van der Waals surface area contributed by atoms with Gasteiger partial charge in [-0.25, -0.2) is 0 Å². The first-order chi connectivity index (χ1) is 9.49. The van der Waals surface area contributed by atoms with E-state index in [1.807, 2.05) is 13.8 Å². The Balaban J connectivity index is 2.24. The van der Waals surface area contributed by atoms with E-state index in [9.17, 15) is 9.90 Å². The minimum Gasteiger partial charge on any atom is -0.393 e. The Bertz CT molecular complexity index is 273. The molecule has 1 aliphatic rings. The van der Waals surface area contributed by atoms with Gasteiger partial charge in [-0.1, -0.05) is 32.6 Å². The first-order valence-electron chi connectivity index (χ1n) is 8.10. The quantitative estimate of drug-likeness (QED) is 0.707. The number of rotatable bonds is 7. The number of amides is 1. The molecule has 0 saturated heterocycles. The van der Waals surface area contributed by atoms with Gasteiger partial charge in [0.25, 0.3) is 0 Å². The van der Waals surface area contributed by atoms with Crippen molar-refractivity contribution in [1.29, 1.82) is 0 Å². The van der Waals surface area contributed by atoms with Crippen LogP contribution in [0.2, 0.25) is 0 Å². The van der Waals surface area contributed by atoms with E-state index in [1.54, 1.807) is 6.92 Å². The van der Waals surface area contributed by atoms with Crippen LogP contribution in [0, 0.1) is 5.92 Å². The molecule has 0 spiro atoms. The summed E-state index contributed by atoms with van der Waals surface area (Å²) >= 11 is 0. The minimum atomic E-state index is -0.378. The van der Waals surface area contributed by atoms with Crippen LogP contribution in [0.5, 0.6) is 0 Å². The fourth-order valence-electron chi connectivity index (χ4n) is 2.81. The van der Waals surface area contributed by atoms with Gasteiger partial charge in [-0.05, 0) is 39.0 Å². The van der Waals surface area contributed by atoms with E-state index in [0.717, 1.165) is 12.8 Å². The van der Waals surface area contributed by atoms with Gasteiger partial charge in [0.15, 0.2) is 0 Å². The molecule has 0 aromatic carbocycles. The van der Waals surface area contributed by atoms with Crippen molar-refractivity contribution in [2.24, 2.45) is 5.92 Å². The Hall–Kier alpha value is -0.610. The lowest BCUT2D eigenvalue weighted by Gasteiger charge is -2.21. The molecule has 2 N–H and O–H groups in total. The zero-order valence-electron chi connectivity index (χ0n) is 13.2. The number of aliphatic hydroxyl groups is 1. The Morgan fingerprint density at radius 3 is 2.35 bits per heavy atom. The third kappa shape index (κ3) is 7.25. The maximum Gasteiger partial charge on any atom is 0.248 e. The maximum absolute atomic E-state index is 12.0. The predicted octanol–water partition coefficient (Wildman–Crippen LogP) is 2.64. The minimum absolute atomic E-state index is 0.0355. The van der Waals surface area contributed by atoms with Crippen LogP contribution in [0.25, 0.3) is 0 Å². The second kappa shape index (κ2) is 9.35. The summed E-state index contributed by atoms with van der Waals surface area (Å²) in [4.78, 5) is 12.0. The second-order valence-corrected chi connectivity index (χ2v) is 6.33. The average Bonchev–Trinajstić information content (AvgIpc) is 2.63. The molecule has 0 aromatic heterocycles. The Morgan fingerprint density at radius 2 is 1.80 bits per heavy atom. The molecule has 1 saturated carbocycles. The molecule has 0 aliphatic heterocycles. The van der Waals surface area contributed by atoms with Crippen LogP contribution in [0.3, 0.4) is 0 Å². The third-order valence-electron chi connectivity index (χ3n) is 3.94. The molecule has 4 nitrogen and oxygen atoms in total. The number of carbonyl (C=O) groups excluding carboxylic acids is 1. The van der Waals surface area contributed by atoms with Gasteiger partial charge in [0.2, 0.25) is 5.91 Å². The summed E-state index contributed by atoms with van der Waals surface area (Å²) in [5.74, 6) is 0.246. The number of aliphatic hydroxyl groups excluding tert-OH is 1. The van der Waals surface area contributed by atoms with E-state index in [4.69, 9.17) is 4.74 Å². The van der Waals surface area contributed by atoms with Gasteiger partial charge in [-0.2, -0.15) is 0 Å². The zero-order chi connectivity index (χ0) is 15.0. The van der Waals surface area contributed by atoms with Crippen LogP contribution in [-0.4, -0.2) is 35.9 Å². The molecule has 20 heavy (non-hydrogen) atoms. The molecular weight excluding hydrogens is 254 g/mol. The van der Waals surface area contributed by atoms with E-state index >= 15 is 0 Å². The average molecular weight is 285 g/mol. The van der Waals surface area contributed by atoms with E-state index < -0.39 is 0 Å². The van der Waals surface area contributed by atoms with Gasteiger partial charge in [0, 0.05) is 6.54 Å². The molecule has 4 heteroatoms. The SMILES string of the molecule is CC(O)CC(C)CNC(=O)C(C)OC1CCCCCC1. The van der Waals surface area contributed by atoms with E-state index in [-0.39, 0.29) is 30.1 Å². The largest absolute Gasteiger partial charge is 0.393 e. The molecule has 0 radical (unpaired) electrons. The lowest BCUT2D eigenvalue weighted by Crippen LogP contribution is -2.39. The molecule has 1 rings (SSSR count). The van der Waals surface area contributed by atoms with Crippen molar-refractivity contribution in [2.45, 2.75) is 84.0 Å². The molecule has 1 fully saturated rings. The molecule has 118 valence electrons. The van der Waals surface area contributed by atoms with Crippen molar-refractivity contribution in [3.63, 3.8) is 0 Å². The van der Waals surface area contributed by atoms with Gasteiger partial charge in [0.05, 0.1) is 12.2 Å². The lowest BCUT2D eigenvalue weighted by atomic mass is 10.0. The molecule has 0 aromatic rings. The summed E-state index contributed by atoms with van der Waals surface area (Å²) in [6, 6.07) is 0. The Kier molecular flexibility index (Phi) is 8.15. The van der Waals surface area contributed by atoms with Crippen molar-refractivity contribution in [1.82, 2.24) is 5.32 Å². The summed E-state index contributed by atoms with van der Waals surface area (Å²) < 4.78 is 5.89. The van der Waals surface area contributed by atoms with Gasteiger partial charge >= 0.3 is 0 Å². The monoisotopic (exact) mass is 285 g/mol. The first-order valence-corrected chi connectivity index (χ1v) is 8.10. The fourth-order valence-corrected chi connectivity index (χ4v) is 2.81. The summed E-state index contributed by atoms with van der Waals surface area (Å²) in [7, 11) is 0. The van der Waals surface area contributed by atoms with E-state index in [0.29, 0.717) is 13.0 Å². The van der Waals surface area contributed by atoms with Crippen molar-refractivity contribution in [3.05, 3.63) is 0 Å². The number of ether oxygens (including phenoxy) is 1. The molecule has 3 atom stereocenters. The van der Waals surface area contributed by atoms with Crippen LogP contribution < -0.4 is 5.32 Å². The van der Waals surface area contributed by atoms with Crippen LogP contribution in [0.15, 0.2) is 0 Å². The standard InChI is InChI=1S/C16H31NO3/c1-12(10-13(2)18)11-17-16(19)14(3)20-15-8-6-4-5-7-9-15/h12-15,18H,4-11H2,1-3H3,(H,17,19). The highest BCUT2D eigenvalue weighted by Crippen LogP contribution is 2.20. The molecule has 3 unspecified atom stereocenters. The number of carbonyl (C=O) groups is 1. The van der Waals surface area contributed by atoms with Crippen molar-refractivity contribution in [2.75, 3.05) is 6.54 Å². The third-order valence-corrected chi connectivity index (χ3v) is 3.94. The van der Waals surface area contributed by atoms with Gasteiger partial charge in [-0.3, -0.25) is 4.79 Å². The number of hydrogen-bond acceptors (Lipinski definition) is 3. The number of hydrogen-bond donors (Lipinski definition) is 2. The normalized spacial score (nSPS) is 21.8. The Labute approximate surface area is 123 Å². The van der Waals surface area contributed by atoms with Gasteiger partial charge in [0.1, 0.15) is 6.10 Å². The molecule has 0 heterocycles. The molecule has 1 amide bonds. The lowest BCUT2D eigenvalue weighted by molar-refractivity contribution is -0.136. The summed E-state index contributed by atoms with van der Waals surface area (Å²) in [6.07, 6.45) is 7.42. The van der Waals surface area contributed by atoms with Crippen molar-refractivity contribution >= 4 is 5.91 Å². The summed E-state index contributed by atoms with van der Waals surface area (Å²) in [5, 5.41) is 12.2. The topological polar surface area (TPSA) is 58.6 Å². The van der Waals surface area contributed by atoms with Crippen LogP contribution in [-0.2, 0) is 9.53 Å². The van der Waals surface area contributed by atoms with Crippen LogP contribution in [0.4, 0.5) is 0 Å². The highest BCUT2D eigenvalue weighted by atomic mass is 16.5. The fraction of sp³-hybridized carbons (Fsp3) is 0.938. The summed E-state index contributed by atoms with van der Waals surface area (Å²) in [6.45, 7) is 6.24. The predicted molar refractivity (Wildman–Crippen MR) is 80.5 cm³/mol. The smallest absolute Gasteiger partial charge is 0.248 e. The molecular formula is C16H31NO3. The van der Waals surface area contributed by atoms with Crippen LogP contribution >= 0.6 is 0 Å². The van der Waals surface area contributed by atoms with Gasteiger partial charge in [-0.15, -0.1) is 0 Å². The second-order valence-electron chi connectivity index (χ2n) is 6.33. The first kappa shape index (κ1) is 17.4. The highest BCUT2D eigenvalue weighted by Gasteiger charge is 2.20. The Morgan fingerprint density at radius 1 is 1.20 bits per heavy atom. The van der Waals surface area contributed by atoms with E-state index in [2.05, 4.69) is 5.32 Å². The van der Waals surface area contributed by atoms with Gasteiger partial charge < -0.3 is 15.2 Å². The highest BCUT2D eigenvalue weighted by molar-refractivity contribution is 5.80. The number of nitrogens with one attached hydrogen (secondary N) is 1. The zero-order valence-corrected chi connectivity index (χ0v) is 13.2.